The summed E-state index contributed by atoms with van der Waals surface area (Å²) in [5, 5.41) is 0. The van der Waals surface area contributed by atoms with Gasteiger partial charge in [0.15, 0.2) is 9.84 Å². The Balaban J connectivity index is 1.92. The molecule has 164 valence electrons. The average molecular weight is 449 g/mol. The fraction of sp³-hybridized carbons (Fsp3) is 0.200. The largest absolute Gasteiger partial charge is 0.497 e. The summed E-state index contributed by atoms with van der Waals surface area (Å²) in [5.41, 5.74) is 2.00. The predicted octanol–water partition coefficient (Wildman–Crippen LogP) is 4.03. The standard InChI is InChI=1S/C25H24N2O4S/c1-3-27-23-12-8-7-11-22(23)26-24(25(27)28)21(18-13-15-19(31-2)16-14-18)17-32(29,30)20-9-5-4-6-10-20/h4-16,21H,3,17H2,1-2H3. The van der Waals surface area contributed by atoms with E-state index in [1.54, 1.807) is 66.3 Å². The van der Waals surface area contributed by atoms with Crippen molar-refractivity contribution in [1.29, 1.82) is 0 Å². The molecule has 4 rings (SSSR count). The number of aryl methyl sites for hydroxylation is 1. The van der Waals surface area contributed by atoms with Crippen LogP contribution >= 0.6 is 0 Å². The van der Waals surface area contributed by atoms with E-state index in [4.69, 9.17) is 4.74 Å². The maximum atomic E-state index is 13.5. The number of ether oxygens (including phenoxy) is 1. The van der Waals surface area contributed by atoms with Crippen molar-refractivity contribution in [2.24, 2.45) is 0 Å². The van der Waals surface area contributed by atoms with Gasteiger partial charge >= 0.3 is 0 Å². The average Bonchev–Trinajstić information content (AvgIpc) is 2.83. The van der Waals surface area contributed by atoms with Crippen LogP contribution in [0.25, 0.3) is 11.0 Å². The summed E-state index contributed by atoms with van der Waals surface area (Å²) in [7, 11) is -2.11. The summed E-state index contributed by atoms with van der Waals surface area (Å²) in [6, 6.07) is 22.8. The first-order valence-electron chi connectivity index (χ1n) is 10.4. The van der Waals surface area contributed by atoms with Gasteiger partial charge in [-0.15, -0.1) is 0 Å². The van der Waals surface area contributed by atoms with Crippen LogP contribution in [0.2, 0.25) is 0 Å². The maximum absolute atomic E-state index is 13.5. The van der Waals surface area contributed by atoms with Gasteiger partial charge in [0.2, 0.25) is 0 Å². The van der Waals surface area contributed by atoms with Crippen LogP contribution < -0.4 is 10.3 Å². The van der Waals surface area contributed by atoms with Crippen molar-refractivity contribution in [3.63, 3.8) is 0 Å². The van der Waals surface area contributed by atoms with E-state index in [0.29, 0.717) is 23.4 Å². The van der Waals surface area contributed by atoms with Crippen LogP contribution in [-0.4, -0.2) is 30.8 Å². The van der Waals surface area contributed by atoms with E-state index in [-0.39, 0.29) is 21.9 Å². The normalized spacial score (nSPS) is 12.6. The lowest BCUT2D eigenvalue weighted by atomic mass is 9.97. The molecule has 0 bridgehead atoms. The van der Waals surface area contributed by atoms with Crippen molar-refractivity contribution in [1.82, 2.24) is 9.55 Å². The van der Waals surface area contributed by atoms with Crippen LogP contribution in [0.15, 0.2) is 88.6 Å². The third kappa shape index (κ3) is 4.16. The van der Waals surface area contributed by atoms with Crippen molar-refractivity contribution >= 4 is 20.9 Å². The highest BCUT2D eigenvalue weighted by Crippen LogP contribution is 2.28. The Hall–Kier alpha value is -3.45. The van der Waals surface area contributed by atoms with Crippen molar-refractivity contribution in [3.05, 3.63) is 100 Å². The third-order valence-electron chi connectivity index (χ3n) is 5.53. The van der Waals surface area contributed by atoms with Crippen LogP contribution in [0.5, 0.6) is 5.75 Å². The van der Waals surface area contributed by atoms with E-state index in [1.807, 2.05) is 31.2 Å². The molecule has 0 aliphatic carbocycles. The second kappa shape index (κ2) is 8.96. The number of benzene rings is 3. The third-order valence-corrected chi connectivity index (χ3v) is 7.29. The molecular formula is C25H24N2O4S. The number of hydrogen-bond donors (Lipinski definition) is 0. The molecule has 0 spiro atoms. The monoisotopic (exact) mass is 448 g/mol. The highest BCUT2D eigenvalue weighted by Gasteiger charge is 2.28. The lowest BCUT2D eigenvalue weighted by Crippen LogP contribution is -2.30. The molecule has 3 aromatic carbocycles. The van der Waals surface area contributed by atoms with Crippen LogP contribution in [0.4, 0.5) is 0 Å². The quantitative estimate of drug-likeness (QED) is 0.427. The maximum Gasteiger partial charge on any atom is 0.273 e. The molecule has 0 radical (unpaired) electrons. The molecule has 7 heteroatoms. The lowest BCUT2D eigenvalue weighted by molar-refractivity contribution is 0.414. The number of nitrogens with zero attached hydrogens (tertiary/aromatic N) is 2. The molecule has 1 heterocycles. The number of para-hydroxylation sites is 2. The van der Waals surface area contributed by atoms with E-state index in [2.05, 4.69) is 4.98 Å². The molecule has 0 aliphatic rings. The Kier molecular flexibility index (Phi) is 6.10. The van der Waals surface area contributed by atoms with Crippen LogP contribution in [0.3, 0.4) is 0 Å². The van der Waals surface area contributed by atoms with Gasteiger partial charge < -0.3 is 9.30 Å². The van der Waals surface area contributed by atoms with Crippen molar-refractivity contribution in [2.75, 3.05) is 12.9 Å². The van der Waals surface area contributed by atoms with E-state index >= 15 is 0 Å². The van der Waals surface area contributed by atoms with Gasteiger partial charge in [0.05, 0.1) is 28.8 Å². The smallest absolute Gasteiger partial charge is 0.273 e. The van der Waals surface area contributed by atoms with Gasteiger partial charge in [-0.05, 0) is 48.9 Å². The number of fused-ring (bicyclic) bond motifs is 1. The van der Waals surface area contributed by atoms with Gasteiger partial charge in [-0.3, -0.25) is 4.79 Å². The van der Waals surface area contributed by atoms with Gasteiger partial charge in [0.25, 0.3) is 5.56 Å². The molecule has 1 atom stereocenters. The molecule has 0 aliphatic heterocycles. The van der Waals surface area contributed by atoms with E-state index in [0.717, 1.165) is 5.52 Å². The zero-order valence-corrected chi connectivity index (χ0v) is 18.7. The fourth-order valence-corrected chi connectivity index (χ4v) is 5.42. The van der Waals surface area contributed by atoms with E-state index in [9.17, 15) is 13.2 Å². The van der Waals surface area contributed by atoms with Gasteiger partial charge in [0, 0.05) is 12.5 Å². The minimum atomic E-state index is -3.68. The molecule has 0 fully saturated rings. The SMILES string of the molecule is CCn1c(=O)c(C(CS(=O)(=O)c2ccccc2)c2ccc(OC)cc2)nc2ccccc21. The summed E-state index contributed by atoms with van der Waals surface area (Å²) in [4.78, 5) is 18.3. The Labute approximate surface area is 187 Å². The number of sulfone groups is 1. The molecular weight excluding hydrogens is 424 g/mol. The van der Waals surface area contributed by atoms with Crippen molar-refractivity contribution < 1.29 is 13.2 Å². The zero-order chi connectivity index (χ0) is 22.7. The van der Waals surface area contributed by atoms with Gasteiger partial charge in [-0.1, -0.05) is 42.5 Å². The highest BCUT2D eigenvalue weighted by atomic mass is 32.2. The zero-order valence-electron chi connectivity index (χ0n) is 17.9. The molecule has 0 N–H and O–H groups in total. The minimum Gasteiger partial charge on any atom is -0.497 e. The van der Waals surface area contributed by atoms with E-state index < -0.39 is 15.8 Å². The first kappa shape index (κ1) is 21.8. The highest BCUT2D eigenvalue weighted by molar-refractivity contribution is 7.91. The molecule has 1 aromatic heterocycles. The molecule has 0 saturated heterocycles. The Morgan fingerprint density at radius 3 is 2.25 bits per heavy atom. The Bertz CT molecular complexity index is 1400. The second-order valence-electron chi connectivity index (χ2n) is 7.46. The number of hydrogen-bond acceptors (Lipinski definition) is 5. The van der Waals surface area contributed by atoms with Gasteiger partial charge in [-0.2, -0.15) is 0 Å². The summed E-state index contributed by atoms with van der Waals surface area (Å²) in [5.74, 6) is -0.356. The molecule has 0 saturated carbocycles. The van der Waals surface area contributed by atoms with Crippen molar-refractivity contribution in [3.8, 4) is 5.75 Å². The van der Waals surface area contributed by atoms with Gasteiger partial charge in [-0.25, -0.2) is 13.4 Å². The van der Waals surface area contributed by atoms with Gasteiger partial charge in [0.1, 0.15) is 11.4 Å². The summed E-state index contributed by atoms with van der Waals surface area (Å²) in [6.45, 7) is 2.34. The van der Waals surface area contributed by atoms with Crippen molar-refractivity contribution in [2.45, 2.75) is 24.3 Å². The Morgan fingerprint density at radius 1 is 0.938 bits per heavy atom. The summed E-state index contributed by atoms with van der Waals surface area (Å²) < 4.78 is 33.4. The number of aromatic nitrogens is 2. The number of methoxy groups -OCH3 is 1. The predicted molar refractivity (Wildman–Crippen MR) is 125 cm³/mol. The van der Waals surface area contributed by atoms with E-state index in [1.165, 1.54) is 0 Å². The van der Waals surface area contributed by atoms with Crippen LogP contribution in [-0.2, 0) is 16.4 Å². The Morgan fingerprint density at radius 2 is 1.59 bits per heavy atom. The molecule has 4 aromatic rings. The number of rotatable bonds is 7. The second-order valence-corrected chi connectivity index (χ2v) is 9.49. The first-order chi connectivity index (χ1) is 15.4. The fourth-order valence-electron chi connectivity index (χ4n) is 3.87. The first-order valence-corrected chi connectivity index (χ1v) is 12.0. The molecule has 1 unspecified atom stereocenters. The van der Waals surface area contributed by atoms with Crippen LogP contribution in [0.1, 0.15) is 24.1 Å². The minimum absolute atomic E-state index is 0.218. The lowest BCUT2D eigenvalue weighted by Gasteiger charge is -2.19. The topological polar surface area (TPSA) is 78.3 Å². The summed E-state index contributed by atoms with van der Waals surface area (Å²) >= 11 is 0. The molecule has 32 heavy (non-hydrogen) atoms. The van der Waals surface area contributed by atoms with Crippen LogP contribution in [0, 0.1) is 0 Å². The molecule has 6 nitrogen and oxygen atoms in total. The summed E-state index contributed by atoms with van der Waals surface area (Å²) in [6.07, 6.45) is 0. The molecule has 0 amide bonds.